The molecule has 98 valence electrons. The van der Waals surface area contributed by atoms with Crippen LogP contribution < -0.4 is 5.73 Å². The molecule has 2 unspecified atom stereocenters. The van der Waals surface area contributed by atoms with Gasteiger partial charge >= 0.3 is 0 Å². The zero-order valence-electron chi connectivity index (χ0n) is 11.3. The molecule has 4 heteroatoms. The predicted molar refractivity (Wildman–Crippen MR) is 71.4 cm³/mol. The fraction of sp³-hybridized carbons (Fsp3) is 0.571. The second kappa shape index (κ2) is 5.06. The van der Waals surface area contributed by atoms with Gasteiger partial charge in [0.2, 0.25) is 0 Å². The average Bonchev–Trinajstić information content (AvgIpc) is 2.71. The Morgan fingerprint density at radius 3 is 2.78 bits per heavy atom. The van der Waals surface area contributed by atoms with Gasteiger partial charge in [-0.2, -0.15) is 0 Å². The van der Waals surface area contributed by atoms with Crippen LogP contribution in [0.5, 0.6) is 0 Å². The molecule has 18 heavy (non-hydrogen) atoms. The zero-order valence-corrected chi connectivity index (χ0v) is 11.3. The van der Waals surface area contributed by atoms with Gasteiger partial charge in [-0.3, -0.25) is 9.78 Å². The van der Waals surface area contributed by atoms with Crippen molar-refractivity contribution in [2.24, 2.45) is 11.7 Å². The highest BCUT2D eigenvalue weighted by atomic mass is 16.1. The molecule has 1 aliphatic heterocycles. The van der Waals surface area contributed by atoms with E-state index in [0.29, 0.717) is 23.6 Å². The standard InChI is InChI=1S/C14H21N3O/c1-9(2)17-7-10(3)12(8-17)11-5-4-6-16-13(11)14(15)18/h4-6,9-10,12H,7-8H2,1-3H3,(H2,15,18). The normalized spacial score (nSPS) is 24.7. The molecule has 0 bridgehead atoms. The van der Waals surface area contributed by atoms with Gasteiger partial charge in [-0.1, -0.05) is 13.0 Å². The number of rotatable bonds is 3. The summed E-state index contributed by atoms with van der Waals surface area (Å²) in [4.78, 5) is 18.0. The minimum atomic E-state index is -0.430. The number of hydrogen-bond acceptors (Lipinski definition) is 3. The lowest BCUT2D eigenvalue weighted by Gasteiger charge is -2.20. The van der Waals surface area contributed by atoms with Crippen LogP contribution in [-0.2, 0) is 0 Å². The first kappa shape index (κ1) is 13.0. The third-order valence-corrected chi connectivity index (χ3v) is 3.84. The first-order valence-corrected chi connectivity index (χ1v) is 6.49. The van der Waals surface area contributed by atoms with Gasteiger partial charge in [0.15, 0.2) is 0 Å². The molecule has 1 aliphatic rings. The smallest absolute Gasteiger partial charge is 0.267 e. The largest absolute Gasteiger partial charge is 0.364 e. The van der Waals surface area contributed by atoms with Crippen LogP contribution in [0.25, 0.3) is 0 Å². The number of aromatic nitrogens is 1. The maximum atomic E-state index is 11.4. The fourth-order valence-electron chi connectivity index (χ4n) is 2.75. The maximum Gasteiger partial charge on any atom is 0.267 e. The van der Waals surface area contributed by atoms with E-state index in [4.69, 9.17) is 5.73 Å². The minimum absolute atomic E-state index is 0.351. The quantitative estimate of drug-likeness (QED) is 0.883. The third-order valence-electron chi connectivity index (χ3n) is 3.84. The molecule has 2 heterocycles. The monoisotopic (exact) mass is 247 g/mol. The number of pyridine rings is 1. The molecule has 1 amide bonds. The summed E-state index contributed by atoms with van der Waals surface area (Å²) in [6, 6.07) is 4.40. The summed E-state index contributed by atoms with van der Waals surface area (Å²) in [6.07, 6.45) is 1.63. The lowest BCUT2D eigenvalue weighted by molar-refractivity contribution is 0.0994. The van der Waals surface area contributed by atoms with Crippen molar-refractivity contribution in [3.63, 3.8) is 0 Å². The van der Waals surface area contributed by atoms with Crippen LogP contribution in [0.1, 0.15) is 42.7 Å². The molecule has 0 aromatic carbocycles. The van der Waals surface area contributed by atoms with E-state index < -0.39 is 5.91 Å². The van der Waals surface area contributed by atoms with Gasteiger partial charge in [0.05, 0.1) is 0 Å². The number of primary amides is 1. The van der Waals surface area contributed by atoms with E-state index in [2.05, 4.69) is 30.7 Å². The number of likely N-dealkylation sites (tertiary alicyclic amines) is 1. The molecule has 0 spiro atoms. The number of hydrogen-bond donors (Lipinski definition) is 1. The molecule has 1 fully saturated rings. The molecule has 1 saturated heterocycles. The molecular formula is C14H21N3O. The summed E-state index contributed by atoms with van der Waals surface area (Å²) >= 11 is 0. The summed E-state index contributed by atoms with van der Waals surface area (Å²) in [7, 11) is 0. The molecule has 0 aliphatic carbocycles. The highest BCUT2D eigenvalue weighted by Crippen LogP contribution is 2.34. The van der Waals surface area contributed by atoms with Crippen LogP contribution in [0, 0.1) is 5.92 Å². The molecule has 0 saturated carbocycles. The van der Waals surface area contributed by atoms with Gasteiger partial charge in [-0.25, -0.2) is 0 Å². The van der Waals surface area contributed by atoms with Crippen molar-refractivity contribution >= 4 is 5.91 Å². The third kappa shape index (κ3) is 2.38. The topological polar surface area (TPSA) is 59.2 Å². The fourth-order valence-corrected chi connectivity index (χ4v) is 2.75. The summed E-state index contributed by atoms with van der Waals surface area (Å²) in [5.74, 6) is 0.444. The van der Waals surface area contributed by atoms with E-state index in [1.54, 1.807) is 6.20 Å². The van der Waals surface area contributed by atoms with E-state index in [0.717, 1.165) is 18.7 Å². The van der Waals surface area contributed by atoms with Crippen molar-refractivity contribution in [2.45, 2.75) is 32.7 Å². The number of carbonyl (C=O) groups is 1. The Balaban J connectivity index is 2.30. The van der Waals surface area contributed by atoms with Gasteiger partial charge in [0.25, 0.3) is 5.91 Å². The summed E-state index contributed by atoms with van der Waals surface area (Å²) in [5, 5.41) is 0. The zero-order chi connectivity index (χ0) is 13.3. The van der Waals surface area contributed by atoms with Gasteiger partial charge in [0, 0.05) is 31.2 Å². The Morgan fingerprint density at radius 2 is 2.22 bits per heavy atom. The molecule has 4 nitrogen and oxygen atoms in total. The van der Waals surface area contributed by atoms with E-state index in [9.17, 15) is 4.79 Å². The van der Waals surface area contributed by atoms with Crippen LogP contribution in [0.3, 0.4) is 0 Å². The van der Waals surface area contributed by atoms with Crippen molar-refractivity contribution in [2.75, 3.05) is 13.1 Å². The first-order valence-electron chi connectivity index (χ1n) is 6.49. The highest BCUT2D eigenvalue weighted by molar-refractivity contribution is 5.92. The van der Waals surface area contributed by atoms with Gasteiger partial charge < -0.3 is 10.6 Å². The van der Waals surface area contributed by atoms with Crippen molar-refractivity contribution in [3.8, 4) is 0 Å². The Kier molecular flexibility index (Phi) is 3.66. The molecule has 2 atom stereocenters. The molecule has 2 rings (SSSR count). The van der Waals surface area contributed by atoms with Crippen molar-refractivity contribution in [3.05, 3.63) is 29.6 Å². The highest BCUT2D eigenvalue weighted by Gasteiger charge is 2.33. The van der Waals surface area contributed by atoms with Crippen molar-refractivity contribution in [1.82, 2.24) is 9.88 Å². The Bertz CT molecular complexity index is 444. The summed E-state index contributed by atoms with van der Waals surface area (Å²) in [6.45, 7) is 8.67. The Labute approximate surface area is 108 Å². The second-order valence-corrected chi connectivity index (χ2v) is 5.44. The van der Waals surface area contributed by atoms with E-state index in [-0.39, 0.29) is 0 Å². The van der Waals surface area contributed by atoms with E-state index >= 15 is 0 Å². The molecular weight excluding hydrogens is 226 g/mol. The number of carbonyl (C=O) groups excluding carboxylic acids is 1. The van der Waals surface area contributed by atoms with Crippen LogP contribution in [0.15, 0.2) is 18.3 Å². The Morgan fingerprint density at radius 1 is 1.50 bits per heavy atom. The number of nitrogens with zero attached hydrogens (tertiary/aromatic N) is 2. The van der Waals surface area contributed by atoms with Crippen LogP contribution in [-0.4, -0.2) is 34.9 Å². The van der Waals surface area contributed by atoms with Crippen molar-refractivity contribution in [1.29, 1.82) is 0 Å². The second-order valence-electron chi connectivity index (χ2n) is 5.44. The minimum Gasteiger partial charge on any atom is -0.364 e. The Hall–Kier alpha value is -1.42. The lowest BCUT2D eigenvalue weighted by Crippen LogP contribution is -2.28. The van der Waals surface area contributed by atoms with Gasteiger partial charge in [-0.05, 0) is 31.4 Å². The lowest BCUT2D eigenvalue weighted by atomic mass is 9.89. The molecule has 1 aromatic heterocycles. The maximum absolute atomic E-state index is 11.4. The molecule has 0 radical (unpaired) electrons. The van der Waals surface area contributed by atoms with Crippen molar-refractivity contribution < 1.29 is 4.79 Å². The van der Waals surface area contributed by atoms with Crippen LogP contribution in [0.4, 0.5) is 0 Å². The predicted octanol–water partition coefficient (Wildman–Crippen LogP) is 1.62. The SMILES string of the molecule is CC1CN(C(C)C)CC1c1cccnc1C(N)=O. The van der Waals surface area contributed by atoms with Crippen LogP contribution in [0.2, 0.25) is 0 Å². The molecule has 2 N–H and O–H groups in total. The summed E-state index contributed by atoms with van der Waals surface area (Å²) in [5.41, 5.74) is 6.84. The van der Waals surface area contributed by atoms with Gasteiger partial charge in [-0.15, -0.1) is 0 Å². The average molecular weight is 247 g/mol. The summed E-state index contributed by atoms with van der Waals surface area (Å²) < 4.78 is 0. The number of amides is 1. The first-order chi connectivity index (χ1) is 8.50. The van der Waals surface area contributed by atoms with E-state index in [1.165, 1.54) is 0 Å². The van der Waals surface area contributed by atoms with Crippen LogP contribution >= 0.6 is 0 Å². The van der Waals surface area contributed by atoms with E-state index in [1.807, 2.05) is 12.1 Å². The number of nitrogens with two attached hydrogens (primary N) is 1. The molecule has 1 aromatic rings. The van der Waals surface area contributed by atoms with Gasteiger partial charge in [0.1, 0.15) is 5.69 Å².